The highest BCUT2D eigenvalue weighted by Gasteiger charge is 2.22. The fourth-order valence-electron chi connectivity index (χ4n) is 5.36. The van der Waals surface area contributed by atoms with Gasteiger partial charge in [0.15, 0.2) is 0 Å². The molecule has 0 saturated heterocycles. The molecule has 0 unspecified atom stereocenters. The van der Waals surface area contributed by atoms with E-state index in [1.54, 1.807) is 13.1 Å². The molecule has 0 aliphatic heterocycles. The van der Waals surface area contributed by atoms with E-state index in [4.69, 9.17) is 9.72 Å². The molecule has 0 radical (unpaired) electrons. The Labute approximate surface area is 227 Å². The van der Waals surface area contributed by atoms with Gasteiger partial charge in [0.1, 0.15) is 17.1 Å². The Hall–Kier alpha value is -4.45. The zero-order valence-electron chi connectivity index (χ0n) is 23.2. The van der Waals surface area contributed by atoms with Crippen molar-refractivity contribution in [3.05, 3.63) is 100.0 Å². The summed E-state index contributed by atoms with van der Waals surface area (Å²) in [6, 6.07) is 20.5. The third kappa shape index (κ3) is 4.16. The van der Waals surface area contributed by atoms with Gasteiger partial charge in [-0.1, -0.05) is 58.9 Å². The lowest BCUT2D eigenvalue weighted by atomic mass is 9.86. The van der Waals surface area contributed by atoms with Crippen molar-refractivity contribution in [1.29, 1.82) is 0 Å². The van der Waals surface area contributed by atoms with Gasteiger partial charge < -0.3 is 9.72 Å². The van der Waals surface area contributed by atoms with Crippen LogP contribution in [0.2, 0.25) is 0 Å². The highest BCUT2D eigenvalue weighted by atomic mass is 16.5. The Morgan fingerprint density at radius 3 is 2.51 bits per heavy atom. The summed E-state index contributed by atoms with van der Waals surface area (Å²) in [6.07, 6.45) is 3.57. The van der Waals surface area contributed by atoms with Crippen molar-refractivity contribution in [3.63, 3.8) is 0 Å². The molecule has 196 valence electrons. The number of aryl methyl sites for hydroxylation is 1. The van der Waals surface area contributed by atoms with Gasteiger partial charge in [-0.05, 0) is 53.6 Å². The van der Waals surface area contributed by atoms with Crippen LogP contribution >= 0.6 is 0 Å². The van der Waals surface area contributed by atoms with Crippen molar-refractivity contribution >= 4 is 32.8 Å². The Morgan fingerprint density at radius 2 is 1.79 bits per heavy atom. The molecular weight excluding hydrogens is 484 g/mol. The van der Waals surface area contributed by atoms with E-state index in [1.165, 1.54) is 10.9 Å². The van der Waals surface area contributed by atoms with Crippen molar-refractivity contribution < 1.29 is 4.74 Å². The normalized spacial score (nSPS) is 12.2. The first-order chi connectivity index (χ1) is 18.6. The van der Waals surface area contributed by atoms with Crippen molar-refractivity contribution in [3.8, 4) is 17.4 Å². The first kappa shape index (κ1) is 24.9. The topological polar surface area (TPSA) is 72.8 Å². The molecule has 4 heterocycles. The zero-order chi connectivity index (χ0) is 27.5. The number of aromatic amines is 1. The van der Waals surface area contributed by atoms with Gasteiger partial charge in [0.2, 0.25) is 11.3 Å². The Bertz CT molecular complexity index is 1930. The lowest BCUT2D eigenvalue weighted by Crippen LogP contribution is -2.17. The van der Waals surface area contributed by atoms with Gasteiger partial charge in [0.05, 0.1) is 16.6 Å². The summed E-state index contributed by atoms with van der Waals surface area (Å²) in [7, 11) is 0. The van der Waals surface area contributed by atoms with Crippen LogP contribution in [0.1, 0.15) is 57.2 Å². The second-order valence-electron chi connectivity index (χ2n) is 11.5. The maximum Gasteiger partial charge on any atom is 0.220 e. The van der Waals surface area contributed by atoms with Gasteiger partial charge in [-0.25, -0.2) is 9.97 Å². The maximum absolute atomic E-state index is 13.0. The molecule has 0 amide bonds. The predicted molar refractivity (Wildman–Crippen MR) is 159 cm³/mol. The van der Waals surface area contributed by atoms with Crippen LogP contribution in [0.15, 0.2) is 77.9 Å². The van der Waals surface area contributed by atoms with E-state index in [0.717, 1.165) is 33.3 Å². The van der Waals surface area contributed by atoms with E-state index >= 15 is 0 Å². The van der Waals surface area contributed by atoms with Crippen LogP contribution in [0.5, 0.6) is 11.6 Å². The van der Waals surface area contributed by atoms with E-state index in [1.807, 2.05) is 42.6 Å². The first-order valence-electron chi connectivity index (χ1n) is 13.3. The number of fused-ring (bicyclic) bond motifs is 4. The predicted octanol–water partition coefficient (Wildman–Crippen LogP) is 7.94. The number of hydrogen-bond donors (Lipinski definition) is 1. The number of aromatic nitrogens is 4. The monoisotopic (exact) mass is 516 g/mol. The van der Waals surface area contributed by atoms with E-state index in [0.29, 0.717) is 28.6 Å². The van der Waals surface area contributed by atoms with E-state index in [9.17, 15) is 4.79 Å². The molecule has 0 aliphatic carbocycles. The molecule has 0 fully saturated rings. The highest BCUT2D eigenvalue weighted by molar-refractivity contribution is 6.10. The molecule has 6 nitrogen and oxygen atoms in total. The molecule has 39 heavy (non-hydrogen) atoms. The second-order valence-corrected chi connectivity index (χ2v) is 11.5. The fourth-order valence-corrected chi connectivity index (χ4v) is 5.36. The molecule has 6 rings (SSSR count). The van der Waals surface area contributed by atoms with Gasteiger partial charge in [-0.3, -0.25) is 9.36 Å². The smallest absolute Gasteiger partial charge is 0.220 e. The summed E-state index contributed by atoms with van der Waals surface area (Å²) < 4.78 is 8.61. The van der Waals surface area contributed by atoms with E-state index < -0.39 is 0 Å². The summed E-state index contributed by atoms with van der Waals surface area (Å²) in [5.74, 6) is 2.23. The van der Waals surface area contributed by atoms with Crippen LogP contribution in [-0.2, 0) is 5.41 Å². The Morgan fingerprint density at radius 1 is 0.974 bits per heavy atom. The van der Waals surface area contributed by atoms with Gasteiger partial charge in [-0.2, -0.15) is 0 Å². The molecule has 6 heteroatoms. The summed E-state index contributed by atoms with van der Waals surface area (Å²) in [6.45, 7) is 12.6. The lowest BCUT2D eigenvalue weighted by molar-refractivity contribution is 0.462. The molecule has 4 aromatic heterocycles. The number of rotatable bonds is 4. The van der Waals surface area contributed by atoms with E-state index in [-0.39, 0.29) is 10.8 Å². The molecule has 0 atom stereocenters. The number of nitrogens with zero attached hydrogens (tertiary/aromatic N) is 3. The van der Waals surface area contributed by atoms with Crippen LogP contribution in [0.25, 0.3) is 38.7 Å². The molecular formula is C33H32N4O2. The van der Waals surface area contributed by atoms with Gasteiger partial charge >= 0.3 is 0 Å². The minimum absolute atomic E-state index is 0.0911. The number of H-pyrrole nitrogens is 1. The summed E-state index contributed by atoms with van der Waals surface area (Å²) >= 11 is 0. The first-order valence-corrected chi connectivity index (χ1v) is 13.3. The minimum atomic E-state index is -0.222. The standard InChI is InChI=1S/C33H32N4O2/c1-19(2)22-10-9-11-24-23-14-13-21(16-26(23)37(31(22)24)27-12-7-8-15-34-27)39-28-17-25(33(4,5)6)29-30(36-28)32(38)20(3)18-35-29/h7-19H,1-6H3,(H,35,38). The summed E-state index contributed by atoms with van der Waals surface area (Å²) in [5.41, 5.74) is 5.84. The largest absolute Gasteiger partial charge is 0.439 e. The number of nitrogens with one attached hydrogen (secondary N) is 1. The van der Waals surface area contributed by atoms with Crippen molar-refractivity contribution in [2.75, 3.05) is 0 Å². The van der Waals surface area contributed by atoms with Crippen LogP contribution in [0.4, 0.5) is 0 Å². The van der Waals surface area contributed by atoms with E-state index in [2.05, 4.69) is 73.4 Å². The minimum Gasteiger partial charge on any atom is -0.439 e. The number of para-hydroxylation sites is 1. The summed E-state index contributed by atoms with van der Waals surface area (Å²) in [4.78, 5) is 25.7. The van der Waals surface area contributed by atoms with Crippen LogP contribution in [0, 0.1) is 6.92 Å². The van der Waals surface area contributed by atoms with Crippen LogP contribution < -0.4 is 10.2 Å². The highest BCUT2D eigenvalue weighted by Crippen LogP contribution is 2.38. The molecule has 2 aromatic carbocycles. The molecule has 1 N–H and O–H groups in total. The quantitative estimate of drug-likeness (QED) is 0.258. The van der Waals surface area contributed by atoms with Gasteiger partial charge in [0, 0.05) is 40.9 Å². The molecule has 0 spiro atoms. The maximum atomic E-state index is 13.0. The van der Waals surface area contributed by atoms with Gasteiger partial charge in [-0.15, -0.1) is 0 Å². The third-order valence-corrected chi connectivity index (χ3v) is 7.32. The second kappa shape index (κ2) is 9.09. The summed E-state index contributed by atoms with van der Waals surface area (Å²) in [5, 5.41) is 2.30. The average molecular weight is 517 g/mol. The van der Waals surface area contributed by atoms with Gasteiger partial charge in [0.25, 0.3) is 0 Å². The molecule has 0 saturated carbocycles. The number of pyridine rings is 3. The zero-order valence-corrected chi connectivity index (χ0v) is 23.2. The Balaban J connectivity index is 1.58. The molecule has 0 bridgehead atoms. The van der Waals surface area contributed by atoms with Crippen LogP contribution in [0.3, 0.4) is 0 Å². The number of ether oxygens (including phenoxy) is 1. The van der Waals surface area contributed by atoms with Crippen LogP contribution in [-0.4, -0.2) is 19.5 Å². The number of hydrogen-bond acceptors (Lipinski definition) is 4. The van der Waals surface area contributed by atoms with Crippen molar-refractivity contribution in [2.24, 2.45) is 0 Å². The SMILES string of the molecule is Cc1c[nH]c2c(C(C)(C)C)cc(Oc3ccc4c5cccc(C(C)C)c5n(-c5ccccn5)c4c3)nc2c1=O. The lowest BCUT2D eigenvalue weighted by Gasteiger charge is -2.21. The molecule has 0 aliphatic rings. The third-order valence-electron chi connectivity index (χ3n) is 7.32. The Kier molecular flexibility index (Phi) is 5.79. The number of benzene rings is 2. The van der Waals surface area contributed by atoms with Crippen molar-refractivity contribution in [2.45, 2.75) is 52.9 Å². The van der Waals surface area contributed by atoms with Crippen molar-refractivity contribution in [1.82, 2.24) is 19.5 Å². The molecule has 6 aromatic rings. The average Bonchev–Trinajstić information content (AvgIpc) is 3.24. The fraction of sp³-hybridized carbons (Fsp3) is 0.242.